The molecule has 1 aromatic rings. The van der Waals surface area contributed by atoms with E-state index in [1.807, 2.05) is 31.2 Å². The van der Waals surface area contributed by atoms with Crippen molar-refractivity contribution < 1.29 is 9.53 Å². The molecule has 0 spiro atoms. The lowest BCUT2D eigenvalue weighted by atomic mass is 10.1. The molecule has 0 aliphatic rings. The fraction of sp³-hybridized carbons (Fsp3) is 0.500. The topological polar surface area (TPSA) is 26.3 Å². The highest BCUT2D eigenvalue weighted by Crippen LogP contribution is 2.14. The lowest BCUT2D eigenvalue weighted by Gasteiger charge is -2.11. The largest absolute Gasteiger partial charge is 0.493 e. The fourth-order valence-electron chi connectivity index (χ4n) is 1.30. The Bertz CT molecular complexity index is 327. The lowest BCUT2D eigenvalue weighted by Crippen LogP contribution is -2.07. The molecule has 0 fully saturated rings. The van der Waals surface area contributed by atoms with Crippen molar-refractivity contribution in [2.75, 3.05) is 6.61 Å². The second-order valence-electron chi connectivity index (χ2n) is 4.13. The summed E-state index contributed by atoms with van der Waals surface area (Å²) < 4.78 is 5.62. The molecule has 0 saturated heterocycles. The number of rotatable bonds is 6. The van der Waals surface area contributed by atoms with Gasteiger partial charge in [-0.2, -0.15) is 0 Å². The minimum atomic E-state index is 0.175. The van der Waals surface area contributed by atoms with E-state index in [4.69, 9.17) is 4.74 Å². The average Bonchev–Trinajstić information content (AvgIpc) is 2.35. The summed E-state index contributed by atoms with van der Waals surface area (Å²) in [6.45, 7) is 6.92. The minimum Gasteiger partial charge on any atom is -0.493 e. The molecule has 0 bridgehead atoms. The van der Waals surface area contributed by atoms with E-state index in [1.54, 1.807) is 0 Å². The standard InChI is InChI=1S/C14H20O2/c1-4-11(3)10-16-13-8-6-12(7-9-13)14(15)5-2/h6-9,11H,4-5,10H2,1-3H3. The molecule has 1 atom stereocenters. The third-order valence-electron chi connectivity index (χ3n) is 2.73. The van der Waals surface area contributed by atoms with Gasteiger partial charge in [0.2, 0.25) is 0 Å². The van der Waals surface area contributed by atoms with Crippen molar-refractivity contribution in [1.82, 2.24) is 0 Å². The van der Waals surface area contributed by atoms with Crippen LogP contribution in [0.3, 0.4) is 0 Å². The monoisotopic (exact) mass is 220 g/mol. The van der Waals surface area contributed by atoms with Gasteiger partial charge in [0, 0.05) is 12.0 Å². The highest BCUT2D eigenvalue weighted by molar-refractivity contribution is 5.95. The second-order valence-corrected chi connectivity index (χ2v) is 4.13. The Morgan fingerprint density at radius 2 is 1.88 bits per heavy atom. The van der Waals surface area contributed by atoms with Gasteiger partial charge in [0.25, 0.3) is 0 Å². The van der Waals surface area contributed by atoms with Crippen molar-refractivity contribution in [2.45, 2.75) is 33.6 Å². The molecule has 0 heterocycles. The van der Waals surface area contributed by atoms with Gasteiger partial charge in [-0.05, 0) is 30.2 Å². The molecule has 0 aliphatic carbocycles. The lowest BCUT2D eigenvalue weighted by molar-refractivity contribution is 0.0988. The molecule has 0 aromatic heterocycles. The Kier molecular flexibility index (Phi) is 5.03. The highest BCUT2D eigenvalue weighted by atomic mass is 16.5. The zero-order valence-electron chi connectivity index (χ0n) is 10.3. The van der Waals surface area contributed by atoms with Gasteiger partial charge in [-0.25, -0.2) is 0 Å². The van der Waals surface area contributed by atoms with Crippen LogP contribution in [-0.4, -0.2) is 12.4 Å². The molecule has 1 rings (SSSR count). The molecule has 2 heteroatoms. The maximum atomic E-state index is 11.4. The van der Waals surface area contributed by atoms with Crippen LogP contribution in [0.15, 0.2) is 24.3 Å². The molecular formula is C14H20O2. The zero-order valence-corrected chi connectivity index (χ0v) is 10.3. The van der Waals surface area contributed by atoms with Gasteiger partial charge < -0.3 is 4.74 Å². The number of benzene rings is 1. The number of ketones is 1. The Labute approximate surface area is 97.6 Å². The van der Waals surface area contributed by atoms with Crippen molar-refractivity contribution in [1.29, 1.82) is 0 Å². The Balaban J connectivity index is 2.54. The van der Waals surface area contributed by atoms with E-state index in [2.05, 4.69) is 13.8 Å². The molecule has 0 saturated carbocycles. The number of hydrogen-bond donors (Lipinski definition) is 0. The molecule has 1 aromatic carbocycles. The Hall–Kier alpha value is -1.31. The van der Waals surface area contributed by atoms with Gasteiger partial charge in [0.15, 0.2) is 5.78 Å². The zero-order chi connectivity index (χ0) is 12.0. The Morgan fingerprint density at radius 3 is 2.38 bits per heavy atom. The highest BCUT2D eigenvalue weighted by Gasteiger charge is 2.04. The SMILES string of the molecule is CCC(=O)c1ccc(OCC(C)CC)cc1. The molecule has 0 N–H and O–H groups in total. The first-order valence-corrected chi connectivity index (χ1v) is 5.93. The second kappa shape index (κ2) is 6.31. The summed E-state index contributed by atoms with van der Waals surface area (Å²) in [5, 5.41) is 0. The van der Waals surface area contributed by atoms with E-state index in [0.717, 1.165) is 24.3 Å². The molecule has 2 nitrogen and oxygen atoms in total. The number of hydrogen-bond acceptors (Lipinski definition) is 2. The van der Waals surface area contributed by atoms with Crippen molar-refractivity contribution in [3.63, 3.8) is 0 Å². The van der Waals surface area contributed by atoms with E-state index in [0.29, 0.717) is 12.3 Å². The van der Waals surface area contributed by atoms with Crippen molar-refractivity contribution >= 4 is 5.78 Å². The molecule has 88 valence electrons. The van der Waals surface area contributed by atoms with Crippen molar-refractivity contribution in [3.8, 4) is 5.75 Å². The van der Waals surface area contributed by atoms with Gasteiger partial charge in [-0.15, -0.1) is 0 Å². The third kappa shape index (κ3) is 3.69. The normalized spacial score (nSPS) is 12.2. The van der Waals surface area contributed by atoms with Crippen LogP contribution in [0.1, 0.15) is 44.0 Å². The van der Waals surface area contributed by atoms with E-state index in [1.165, 1.54) is 0 Å². The summed E-state index contributed by atoms with van der Waals surface area (Å²) in [4.78, 5) is 11.4. The predicted molar refractivity (Wildman–Crippen MR) is 66.0 cm³/mol. The summed E-state index contributed by atoms with van der Waals surface area (Å²) in [7, 11) is 0. The van der Waals surface area contributed by atoms with Crippen LogP contribution in [0.4, 0.5) is 0 Å². The van der Waals surface area contributed by atoms with Crippen molar-refractivity contribution in [2.24, 2.45) is 5.92 Å². The van der Waals surface area contributed by atoms with Crippen LogP contribution >= 0.6 is 0 Å². The van der Waals surface area contributed by atoms with Crippen LogP contribution in [0, 0.1) is 5.92 Å². The summed E-state index contributed by atoms with van der Waals surface area (Å²) in [5.41, 5.74) is 0.762. The minimum absolute atomic E-state index is 0.175. The molecule has 0 aliphatic heterocycles. The maximum absolute atomic E-state index is 11.4. The summed E-state index contributed by atoms with van der Waals surface area (Å²) in [5.74, 6) is 1.58. The van der Waals surface area contributed by atoms with Gasteiger partial charge >= 0.3 is 0 Å². The van der Waals surface area contributed by atoms with E-state index < -0.39 is 0 Å². The van der Waals surface area contributed by atoms with E-state index >= 15 is 0 Å². The van der Waals surface area contributed by atoms with Gasteiger partial charge in [0.05, 0.1) is 6.61 Å². The van der Waals surface area contributed by atoms with Crippen LogP contribution in [0.25, 0.3) is 0 Å². The van der Waals surface area contributed by atoms with Crippen LogP contribution in [-0.2, 0) is 0 Å². The first-order valence-electron chi connectivity index (χ1n) is 5.93. The Morgan fingerprint density at radius 1 is 1.25 bits per heavy atom. The molecule has 0 amide bonds. The van der Waals surface area contributed by atoms with Crippen LogP contribution in [0.5, 0.6) is 5.75 Å². The van der Waals surface area contributed by atoms with E-state index in [-0.39, 0.29) is 5.78 Å². The number of ether oxygens (including phenoxy) is 1. The number of Topliss-reactive ketones (excluding diaryl/α,β-unsaturated/α-hetero) is 1. The van der Waals surface area contributed by atoms with Gasteiger partial charge in [-0.1, -0.05) is 27.2 Å². The quantitative estimate of drug-likeness (QED) is 0.683. The first-order chi connectivity index (χ1) is 7.67. The van der Waals surface area contributed by atoms with Gasteiger partial charge in [0.1, 0.15) is 5.75 Å². The summed E-state index contributed by atoms with van der Waals surface area (Å²) in [6, 6.07) is 7.39. The molecule has 1 unspecified atom stereocenters. The smallest absolute Gasteiger partial charge is 0.162 e. The first kappa shape index (κ1) is 12.8. The maximum Gasteiger partial charge on any atom is 0.162 e. The number of carbonyl (C=O) groups excluding carboxylic acids is 1. The van der Waals surface area contributed by atoms with Crippen LogP contribution < -0.4 is 4.74 Å². The van der Waals surface area contributed by atoms with Gasteiger partial charge in [-0.3, -0.25) is 4.79 Å². The van der Waals surface area contributed by atoms with Crippen molar-refractivity contribution in [3.05, 3.63) is 29.8 Å². The van der Waals surface area contributed by atoms with E-state index in [9.17, 15) is 4.79 Å². The summed E-state index contributed by atoms with van der Waals surface area (Å²) in [6.07, 6.45) is 1.67. The predicted octanol–water partition coefficient (Wildman–Crippen LogP) is 3.70. The molecule has 16 heavy (non-hydrogen) atoms. The number of carbonyl (C=O) groups is 1. The molecular weight excluding hydrogens is 200 g/mol. The fourth-order valence-corrected chi connectivity index (χ4v) is 1.30. The summed E-state index contributed by atoms with van der Waals surface area (Å²) >= 11 is 0. The molecule has 0 radical (unpaired) electrons. The van der Waals surface area contributed by atoms with Crippen LogP contribution in [0.2, 0.25) is 0 Å². The average molecular weight is 220 g/mol. The third-order valence-corrected chi connectivity index (χ3v) is 2.73.